The van der Waals surface area contributed by atoms with Gasteiger partial charge in [0.05, 0.1) is 10.7 Å². The first kappa shape index (κ1) is 13.7. The van der Waals surface area contributed by atoms with E-state index in [4.69, 9.17) is 23.2 Å². The van der Waals surface area contributed by atoms with Gasteiger partial charge in [0.2, 0.25) is 0 Å². The summed E-state index contributed by atoms with van der Waals surface area (Å²) in [7, 11) is 0. The first-order valence-electron chi connectivity index (χ1n) is 5.65. The van der Waals surface area contributed by atoms with E-state index >= 15 is 0 Å². The first-order valence-corrected chi connectivity index (χ1v) is 6.40. The Balaban J connectivity index is 2.10. The highest BCUT2D eigenvalue weighted by Gasteiger charge is 2.07. The van der Waals surface area contributed by atoms with Gasteiger partial charge in [-0.3, -0.25) is 0 Å². The van der Waals surface area contributed by atoms with Crippen LogP contribution in [0.4, 0.5) is 16.2 Å². The average Bonchev–Trinajstić information content (AvgIpc) is 2.37. The number of nitrogens with one attached hydrogen (secondary N) is 2. The first-order chi connectivity index (χ1) is 9.06. The molecule has 0 aliphatic carbocycles. The zero-order valence-electron chi connectivity index (χ0n) is 10.2. The molecular weight excluding hydrogens is 283 g/mol. The molecule has 2 N–H and O–H groups in total. The highest BCUT2D eigenvalue weighted by molar-refractivity contribution is 6.33. The van der Waals surface area contributed by atoms with Gasteiger partial charge < -0.3 is 10.6 Å². The van der Waals surface area contributed by atoms with Crippen molar-refractivity contribution >= 4 is 40.6 Å². The highest BCUT2D eigenvalue weighted by atomic mass is 35.5. The van der Waals surface area contributed by atoms with Gasteiger partial charge in [0.25, 0.3) is 0 Å². The van der Waals surface area contributed by atoms with Gasteiger partial charge in [-0.05, 0) is 36.8 Å². The molecule has 98 valence electrons. The maximum Gasteiger partial charge on any atom is 0.323 e. The van der Waals surface area contributed by atoms with Crippen LogP contribution < -0.4 is 10.6 Å². The van der Waals surface area contributed by atoms with Crippen LogP contribution in [0.5, 0.6) is 0 Å². The molecule has 0 heterocycles. The van der Waals surface area contributed by atoms with Gasteiger partial charge in [-0.1, -0.05) is 41.4 Å². The zero-order chi connectivity index (χ0) is 13.8. The number of urea groups is 1. The Morgan fingerprint density at radius 3 is 2.42 bits per heavy atom. The summed E-state index contributed by atoms with van der Waals surface area (Å²) in [5, 5.41) is 6.47. The molecule has 19 heavy (non-hydrogen) atoms. The summed E-state index contributed by atoms with van der Waals surface area (Å²) < 4.78 is 0. The molecule has 0 bridgehead atoms. The molecular formula is C14H12Cl2N2O. The lowest BCUT2D eigenvalue weighted by Crippen LogP contribution is -2.20. The molecule has 2 rings (SSSR count). The number of hydrogen-bond acceptors (Lipinski definition) is 1. The lowest BCUT2D eigenvalue weighted by molar-refractivity contribution is 0.262. The van der Waals surface area contributed by atoms with Gasteiger partial charge in [0, 0.05) is 10.7 Å². The number of benzene rings is 2. The van der Waals surface area contributed by atoms with Gasteiger partial charge in [0.15, 0.2) is 0 Å². The summed E-state index contributed by atoms with van der Waals surface area (Å²) in [4.78, 5) is 11.9. The number of halogens is 2. The van der Waals surface area contributed by atoms with Crippen molar-refractivity contribution in [3.05, 3.63) is 58.1 Å². The summed E-state index contributed by atoms with van der Waals surface area (Å²) in [5.74, 6) is 0. The van der Waals surface area contributed by atoms with Crippen LogP contribution >= 0.6 is 23.2 Å². The van der Waals surface area contributed by atoms with E-state index in [0.717, 1.165) is 5.56 Å². The molecule has 0 saturated carbocycles. The zero-order valence-corrected chi connectivity index (χ0v) is 11.7. The molecule has 0 saturated heterocycles. The second-order valence-electron chi connectivity index (χ2n) is 4.02. The molecule has 2 aromatic carbocycles. The van der Waals surface area contributed by atoms with E-state index in [2.05, 4.69) is 10.6 Å². The molecule has 0 aliphatic heterocycles. The second-order valence-corrected chi connectivity index (χ2v) is 4.86. The van der Waals surface area contributed by atoms with E-state index in [9.17, 15) is 4.79 Å². The Kier molecular flexibility index (Phi) is 4.30. The van der Waals surface area contributed by atoms with Crippen molar-refractivity contribution in [2.24, 2.45) is 0 Å². The van der Waals surface area contributed by atoms with Crippen molar-refractivity contribution in [1.29, 1.82) is 0 Å². The van der Waals surface area contributed by atoms with Crippen molar-refractivity contribution in [2.45, 2.75) is 6.92 Å². The van der Waals surface area contributed by atoms with Crippen LogP contribution in [0.2, 0.25) is 10.0 Å². The van der Waals surface area contributed by atoms with Gasteiger partial charge >= 0.3 is 6.03 Å². The molecule has 2 amide bonds. The molecule has 0 spiro atoms. The van der Waals surface area contributed by atoms with E-state index in [0.29, 0.717) is 21.4 Å². The van der Waals surface area contributed by atoms with E-state index in [-0.39, 0.29) is 6.03 Å². The van der Waals surface area contributed by atoms with Gasteiger partial charge in [0.1, 0.15) is 0 Å². The van der Waals surface area contributed by atoms with Crippen molar-refractivity contribution in [3.63, 3.8) is 0 Å². The SMILES string of the molecule is Cc1ccc(Cl)cc1NC(=O)Nc1ccccc1Cl. The average molecular weight is 295 g/mol. The molecule has 3 nitrogen and oxygen atoms in total. The molecule has 0 atom stereocenters. The van der Waals surface area contributed by atoms with E-state index in [1.165, 1.54) is 0 Å². The fourth-order valence-electron chi connectivity index (χ4n) is 1.57. The van der Waals surface area contributed by atoms with Crippen LogP contribution in [0.1, 0.15) is 5.56 Å². The Morgan fingerprint density at radius 1 is 1.00 bits per heavy atom. The summed E-state index contributed by atoms with van der Waals surface area (Å²) in [6.07, 6.45) is 0. The Bertz CT molecular complexity index is 614. The number of carbonyl (C=O) groups excluding carboxylic acids is 1. The number of amides is 2. The van der Waals surface area contributed by atoms with Crippen LogP contribution in [-0.4, -0.2) is 6.03 Å². The topological polar surface area (TPSA) is 41.1 Å². The van der Waals surface area contributed by atoms with Crippen LogP contribution in [0.25, 0.3) is 0 Å². The quantitative estimate of drug-likeness (QED) is 0.809. The molecule has 0 aromatic heterocycles. The van der Waals surface area contributed by atoms with E-state index < -0.39 is 0 Å². The molecule has 0 unspecified atom stereocenters. The second kappa shape index (κ2) is 5.95. The fraction of sp³-hybridized carbons (Fsp3) is 0.0714. The van der Waals surface area contributed by atoms with Crippen molar-refractivity contribution < 1.29 is 4.79 Å². The third-order valence-electron chi connectivity index (χ3n) is 2.57. The summed E-state index contributed by atoms with van der Waals surface area (Å²) in [6.45, 7) is 1.89. The van der Waals surface area contributed by atoms with Crippen molar-refractivity contribution in [2.75, 3.05) is 10.6 Å². The molecule has 5 heteroatoms. The predicted molar refractivity (Wildman–Crippen MR) is 80.3 cm³/mol. The number of rotatable bonds is 2. The monoisotopic (exact) mass is 294 g/mol. The predicted octanol–water partition coefficient (Wildman–Crippen LogP) is 4.95. The third kappa shape index (κ3) is 3.63. The van der Waals surface area contributed by atoms with E-state index in [1.54, 1.807) is 36.4 Å². The number of para-hydroxylation sites is 1. The maximum absolute atomic E-state index is 11.9. The number of carbonyl (C=O) groups is 1. The number of aryl methyl sites for hydroxylation is 1. The minimum atomic E-state index is -0.363. The smallest absolute Gasteiger partial charge is 0.307 e. The molecule has 0 fully saturated rings. The lowest BCUT2D eigenvalue weighted by Gasteiger charge is -2.11. The lowest BCUT2D eigenvalue weighted by atomic mass is 10.2. The Morgan fingerprint density at radius 2 is 1.68 bits per heavy atom. The van der Waals surface area contributed by atoms with Gasteiger partial charge in [-0.2, -0.15) is 0 Å². The minimum absolute atomic E-state index is 0.363. The summed E-state index contributed by atoms with van der Waals surface area (Å²) in [5.41, 5.74) is 2.15. The molecule has 0 radical (unpaired) electrons. The van der Waals surface area contributed by atoms with Crippen LogP contribution in [0.3, 0.4) is 0 Å². The third-order valence-corrected chi connectivity index (χ3v) is 3.13. The summed E-state index contributed by atoms with van der Waals surface area (Å²) in [6, 6.07) is 12.0. The minimum Gasteiger partial charge on any atom is -0.307 e. The maximum atomic E-state index is 11.9. The van der Waals surface area contributed by atoms with Crippen LogP contribution in [-0.2, 0) is 0 Å². The Labute approximate surface area is 121 Å². The number of hydrogen-bond donors (Lipinski definition) is 2. The van der Waals surface area contributed by atoms with Crippen molar-refractivity contribution in [3.8, 4) is 0 Å². The molecule has 2 aromatic rings. The van der Waals surface area contributed by atoms with E-state index in [1.807, 2.05) is 13.0 Å². The fourth-order valence-corrected chi connectivity index (χ4v) is 1.92. The normalized spacial score (nSPS) is 10.1. The van der Waals surface area contributed by atoms with Gasteiger partial charge in [-0.15, -0.1) is 0 Å². The standard InChI is InChI=1S/C14H12Cl2N2O/c1-9-6-7-10(15)8-13(9)18-14(19)17-12-5-3-2-4-11(12)16/h2-8H,1H3,(H2,17,18,19). The van der Waals surface area contributed by atoms with Crippen LogP contribution in [0.15, 0.2) is 42.5 Å². The van der Waals surface area contributed by atoms with Gasteiger partial charge in [-0.25, -0.2) is 4.79 Å². The summed E-state index contributed by atoms with van der Waals surface area (Å²) >= 11 is 11.9. The molecule has 0 aliphatic rings. The highest BCUT2D eigenvalue weighted by Crippen LogP contribution is 2.22. The number of anilines is 2. The largest absolute Gasteiger partial charge is 0.323 e. The Hall–Kier alpha value is -1.71. The van der Waals surface area contributed by atoms with Crippen molar-refractivity contribution in [1.82, 2.24) is 0 Å². The van der Waals surface area contributed by atoms with Crippen LogP contribution in [0, 0.1) is 6.92 Å².